The molecule has 2 aliphatic rings. The molecular weight excluding hydrogens is 292 g/mol. The van der Waals surface area contributed by atoms with Crippen LogP contribution < -0.4 is 9.47 Å². The Morgan fingerprint density at radius 2 is 2.17 bits per heavy atom. The number of fused-ring (bicyclic) bond motifs is 1. The maximum Gasteiger partial charge on any atom is 0.246 e. The highest BCUT2D eigenvalue weighted by Crippen LogP contribution is 2.35. The van der Waals surface area contributed by atoms with Crippen molar-refractivity contribution in [3.8, 4) is 11.5 Å². The molecule has 1 aromatic rings. The molecule has 0 atom stereocenters. The van der Waals surface area contributed by atoms with E-state index in [0.29, 0.717) is 6.54 Å². The van der Waals surface area contributed by atoms with Crippen LogP contribution in [0.15, 0.2) is 41.9 Å². The summed E-state index contributed by atoms with van der Waals surface area (Å²) in [5.74, 6) is 1.44. The average molecular weight is 312 g/mol. The molecule has 0 saturated heterocycles. The van der Waals surface area contributed by atoms with E-state index in [1.807, 2.05) is 32.0 Å². The molecule has 5 nitrogen and oxygen atoms in total. The second-order valence-corrected chi connectivity index (χ2v) is 5.80. The molecule has 0 unspecified atom stereocenters. The highest BCUT2D eigenvalue weighted by Gasteiger charge is 2.20. The Balaban J connectivity index is 1.75. The first kappa shape index (κ1) is 15.3. The van der Waals surface area contributed by atoms with Crippen molar-refractivity contribution in [2.45, 2.75) is 26.3 Å². The van der Waals surface area contributed by atoms with E-state index in [0.717, 1.165) is 34.9 Å². The Labute approximate surface area is 135 Å². The number of nitrogens with zero attached hydrogens (tertiary/aromatic N) is 2. The van der Waals surface area contributed by atoms with Crippen molar-refractivity contribution >= 4 is 17.3 Å². The summed E-state index contributed by atoms with van der Waals surface area (Å²) in [7, 11) is 0. The van der Waals surface area contributed by atoms with Crippen LogP contribution in [0.25, 0.3) is 5.70 Å². The molecule has 23 heavy (non-hydrogen) atoms. The van der Waals surface area contributed by atoms with Crippen LogP contribution in [-0.4, -0.2) is 35.9 Å². The van der Waals surface area contributed by atoms with Crippen molar-refractivity contribution in [3.63, 3.8) is 0 Å². The number of amides is 1. The van der Waals surface area contributed by atoms with E-state index in [1.165, 1.54) is 6.08 Å². The lowest BCUT2D eigenvalue weighted by molar-refractivity contribution is -0.126. The lowest BCUT2D eigenvalue weighted by Crippen LogP contribution is -2.39. The molecule has 0 N–H and O–H groups in total. The molecule has 0 spiro atoms. The first-order valence-electron chi connectivity index (χ1n) is 7.68. The fraction of sp³-hybridized carbons (Fsp3) is 0.333. The smallest absolute Gasteiger partial charge is 0.246 e. The van der Waals surface area contributed by atoms with Gasteiger partial charge < -0.3 is 14.4 Å². The van der Waals surface area contributed by atoms with Crippen LogP contribution in [0.3, 0.4) is 0 Å². The van der Waals surface area contributed by atoms with Crippen molar-refractivity contribution in [1.82, 2.24) is 4.90 Å². The standard InChI is InChI=1S/C18H20N2O3/c1-4-18(21)20(12(2)3)10-14-6-7-15(19-14)13-5-8-16-17(9-13)23-11-22-16/h4-5,7-9,12H,1,6,10-11H2,2-3H3. The predicted octanol–water partition coefficient (Wildman–Crippen LogP) is 3.02. The molecule has 0 aliphatic carbocycles. The maximum absolute atomic E-state index is 11.9. The minimum absolute atomic E-state index is 0.0702. The third-order valence-electron chi connectivity index (χ3n) is 3.91. The van der Waals surface area contributed by atoms with Crippen LogP contribution >= 0.6 is 0 Å². The van der Waals surface area contributed by atoms with E-state index >= 15 is 0 Å². The Morgan fingerprint density at radius 3 is 2.91 bits per heavy atom. The van der Waals surface area contributed by atoms with E-state index in [2.05, 4.69) is 17.6 Å². The molecule has 5 heteroatoms. The number of allylic oxidation sites excluding steroid dienone is 1. The molecule has 0 fully saturated rings. The van der Waals surface area contributed by atoms with Gasteiger partial charge >= 0.3 is 0 Å². The van der Waals surface area contributed by atoms with E-state index < -0.39 is 0 Å². The molecule has 3 rings (SSSR count). The number of carbonyl (C=O) groups is 1. The summed E-state index contributed by atoms with van der Waals surface area (Å²) in [6, 6.07) is 5.92. The van der Waals surface area contributed by atoms with Crippen molar-refractivity contribution in [1.29, 1.82) is 0 Å². The van der Waals surface area contributed by atoms with Crippen LogP contribution in [0, 0.1) is 0 Å². The quantitative estimate of drug-likeness (QED) is 0.785. The summed E-state index contributed by atoms with van der Waals surface area (Å²) < 4.78 is 10.7. The second-order valence-electron chi connectivity index (χ2n) is 5.80. The van der Waals surface area contributed by atoms with Gasteiger partial charge in [-0.05, 0) is 38.1 Å². The molecule has 2 heterocycles. The van der Waals surface area contributed by atoms with Gasteiger partial charge in [0.1, 0.15) is 0 Å². The normalized spacial score (nSPS) is 15.4. The monoisotopic (exact) mass is 312 g/mol. The Kier molecular flexibility index (Phi) is 4.19. The SMILES string of the molecule is C=CC(=O)N(CC1=NC(c2ccc3c(c2)OCO3)=CC1)C(C)C. The zero-order valence-electron chi connectivity index (χ0n) is 13.4. The van der Waals surface area contributed by atoms with Gasteiger partial charge in [0.25, 0.3) is 0 Å². The Bertz CT molecular complexity index is 704. The summed E-state index contributed by atoms with van der Waals surface area (Å²) in [5.41, 5.74) is 2.88. The van der Waals surface area contributed by atoms with Gasteiger partial charge in [0.05, 0.1) is 12.2 Å². The molecule has 1 amide bonds. The first-order chi connectivity index (χ1) is 11.1. The Morgan fingerprint density at radius 1 is 1.39 bits per heavy atom. The number of rotatable bonds is 5. The minimum atomic E-state index is -0.0702. The van der Waals surface area contributed by atoms with Crippen LogP contribution in [-0.2, 0) is 4.79 Å². The summed E-state index contributed by atoms with van der Waals surface area (Å²) in [6.45, 7) is 8.33. The van der Waals surface area contributed by atoms with Gasteiger partial charge in [-0.25, -0.2) is 0 Å². The van der Waals surface area contributed by atoms with Crippen LogP contribution in [0.1, 0.15) is 25.8 Å². The summed E-state index contributed by atoms with van der Waals surface area (Å²) in [5, 5.41) is 0. The molecule has 1 aromatic carbocycles. The topological polar surface area (TPSA) is 51.1 Å². The van der Waals surface area contributed by atoms with Crippen molar-refractivity contribution in [2.24, 2.45) is 4.99 Å². The molecule has 2 aliphatic heterocycles. The van der Waals surface area contributed by atoms with E-state index in [-0.39, 0.29) is 18.7 Å². The van der Waals surface area contributed by atoms with Gasteiger partial charge in [0.2, 0.25) is 12.7 Å². The van der Waals surface area contributed by atoms with Crippen LogP contribution in [0.4, 0.5) is 0 Å². The van der Waals surface area contributed by atoms with Gasteiger partial charge in [0.15, 0.2) is 11.5 Å². The van der Waals surface area contributed by atoms with Crippen molar-refractivity contribution in [2.75, 3.05) is 13.3 Å². The highest BCUT2D eigenvalue weighted by atomic mass is 16.7. The first-order valence-corrected chi connectivity index (χ1v) is 7.68. The van der Waals surface area contributed by atoms with Gasteiger partial charge in [-0.2, -0.15) is 0 Å². The molecule has 0 bridgehead atoms. The number of carbonyl (C=O) groups excluding carboxylic acids is 1. The lowest BCUT2D eigenvalue weighted by atomic mass is 10.1. The summed E-state index contributed by atoms with van der Waals surface area (Å²) in [6.07, 6.45) is 4.17. The number of hydrogen-bond acceptors (Lipinski definition) is 4. The third kappa shape index (κ3) is 3.13. The zero-order chi connectivity index (χ0) is 16.4. The molecule has 0 aromatic heterocycles. The van der Waals surface area contributed by atoms with Gasteiger partial charge in [-0.15, -0.1) is 0 Å². The molecule has 0 saturated carbocycles. The van der Waals surface area contributed by atoms with Crippen LogP contribution in [0.5, 0.6) is 11.5 Å². The number of ether oxygens (including phenoxy) is 2. The molecular formula is C18H20N2O3. The highest BCUT2D eigenvalue weighted by molar-refractivity contribution is 6.00. The largest absolute Gasteiger partial charge is 0.454 e. The predicted molar refractivity (Wildman–Crippen MR) is 89.6 cm³/mol. The zero-order valence-corrected chi connectivity index (χ0v) is 13.4. The molecule has 0 radical (unpaired) electrons. The second kappa shape index (κ2) is 6.28. The average Bonchev–Trinajstić information content (AvgIpc) is 3.19. The number of benzene rings is 1. The lowest BCUT2D eigenvalue weighted by Gasteiger charge is -2.25. The summed E-state index contributed by atoms with van der Waals surface area (Å²) >= 11 is 0. The maximum atomic E-state index is 11.9. The van der Waals surface area contributed by atoms with Crippen molar-refractivity contribution in [3.05, 3.63) is 42.5 Å². The van der Waals surface area contributed by atoms with E-state index in [9.17, 15) is 4.79 Å². The van der Waals surface area contributed by atoms with Gasteiger partial charge in [0, 0.05) is 23.7 Å². The van der Waals surface area contributed by atoms with E-state index in [1.54, 1.807) is 4.90 Å². The Hall–Kier alpha value is -2.56. The fourth-order valence-corrected chi connectivity index (χ4v) is 2.64. The van der Waals surface area contributed by atoms with Gasteiger partial charge in [-0.1, -0.05) is 12.7 Å². The van der Waals surface area contributed by atoms with E-state index in [4.69, 9.17) is 9.47 Å². The van der Waals surface area contributed by atoms with Crippen molar-refractivity contribution < 1.29 is 14.3 Å². The third-order valence-corrected chi connectivity index (χ3v) is 3.91. The fourth-order valence-electron chi connectivity index (χ4n) is 2.64. The summed E-state index contributed by atoms with van der Waals surface area (Å²) in [4.78, 5) is 18.4. The van der Waals surface area contributed by atoms with Gasteiger partial charge in [-0.3, -0.25) is 9.79 Å². The molecule has 120 valence electrons. The number of aliphatic imine (C=N–C) groups is 1. The minimum Gasteiger partial charge on any atom is -0.454 e. The number of hydrogen-bond donors (Lipinski definition) is 0. The van der Waals surface area contributed by atoms with Crippen LogP contribution in [0.2, 0.25) is 0 Å².